The second-order valence-corrected chi connectivity index (χ2v) is 9.31. The molecule has 7 heteroatoms. The highest BCUT2D eigenvalue weighted by Crippen LogP contribution is 2.32. The van der Waals surface area contributed by atoms with Gasteiger partial charge in [0.05, 0.1) is 18.3 Å². The van der Waals surface area contributed by atoms with Gasteiger partial charge in [-0.25, -0.2) is 0 Å². The number of fused-ring (bicyclic) bond motifs is 2. The van der Waals surface area contributed by atoms with Gasteiger partial charge in [-0.15, -0.1) is 0 Å². The molecule has 0 unspecified atom stereocenters. The lowest BCUT2D eigenvalue weighted by atomic mass is 9.87. The Balaban J connectivity index is 1.36. The van der Waals surface area contributed by atoms with Crippen LogP contribution in [0.3, 0.4) is 0 Å². The first-order valence-corrected chi connectivity index (χ1v) is 11.6. The molecule has 1 fully saturated rings. The number of ether oxygens (including phenoxy) is 1. The molecule has 33 heavy (non-hydrogen) atoms. The molecule has 1 aliphatic heterocycles. The Labute approximate surface area is 193 Å². The summed E-state index contributed by atoms with van der Waals surface area (Å²) in [5.41, 5.74) is 4.58. The summed E-state index contributed by atoms with van der Waals surface area (Å²) in [5, 5.41) is 26.2. The average Bonchev–Trinajstić information content (AvgIpc) is 3.47. The van der Waals surface area contributed by atoms with Crippen LogP contribution in [0.15, 0.2) is 48.8 Å². The molecule has 2 aromatic carbocycles. The number of nitrogens with zero attached hydrogens (tertiary/aromatic N) is 2. The number of hydrogen-bond acceptors (Lipinski definition) is 5. The molecule has 0 radical (unpaired) electrons. The Morgan fingerprint density at radius 3 is 2.73 bits per heavy atom. The van der Waals surface area contributed by atoms with Gasteiger partial charge in [0, 0.05) is 28.0 Å². The monoisotopic (exact) mass is 442 g/mol. The molecule has 5 rings (SSSR count). The minimum atomic E-state index is -0.0217. The molecule has 2 aromatic heterocycles. The van der Waals surface area contributed by atoms with Crippen LogP contribution in [0, 0.1) is 22.7 Å². The Morgan fingerprint density at radius 2 is 1.94 bits per heavy atom. The van der Waals surface area contributed by atoms with E-state index in [0.717, 1.165) is 64.8 Å². The zero-order chi connectivity index (χ0) is 22.9. The van der Waals surface area contributed by atoms with E-state index in [-0.39, 0.29) is 11.8 Å². The predicted molar refractivity (Wildman–Crippen MR) is 133 cm³/mol. The van der Waals surface area contributed by atoms with Gasteiger partial charge in [-0.2, -0.15) is 5.10 Å². The van der Waals surface area contributed by atoms with Crippen LogP contribution in [-0.2, 0) is 4.74 Å². The van der Waals surface area contributed by atoms with Crippen molar-refractivity contribution >= 4 is 33.6 Å². The van der Waals surface area contributed by atoms with Crippen molar-refractivity contribution in [2.24, 2.45) is 11.8 Å². The summed E-state index contributed by atoms with van der Waals surface area (Å²) >= 11 is 0. The number of aromatic amines is 2. The summed E-state index contributed by atoms with van der Waals surface area (Å²) in [7, 11) is 0. The van der Waals surface area contributed by atoms with Crippen molar-refractivity contribution in [2.45, 2.75) is 26.7 Å². The molecule has 0 atom stereocenters. The number of piperidine rings is 1. The summed E-state index contributed by atoms with van der Waals surface area (Å²) in [6.45, 7) is 6.96. The molecule has 4 N–H and O–H groups in total. The molecule has 7 nitrogen and oxygen atoms in total. The Bertz CT molecular complexity index is 1310. The second kappa shape index (κ2) is 8.83. The maximum Gasteiger partial charge on any atom is 0.221 e. The standard InChI is InChI=1S/C26H30N6O/c1-16(2)17-7-10-32(11-8-17)15-25(27)33-26(28)21-12-18(13-24-22(21)14-30-31-24)19-4-3-5-23-20(19)6-9-29-23/h3-6,9,12-14,16-17,27-29H,7-8,10-11,15H2,1-2H3,(H,30,31). The van der Waals surface area contributed by atoms with Crippen LogP contribution in [0.25, 0.3) is 32.9 Å². The highest BCUT2D eigenvalue weighted by molar-refractivity contribution is 6.10. The SMILES string of the molecule is CC(C)C1CCN(CC(=N)OC(=N)c2cc(-c3cccc4[nH]ccc34)cc3[nH]ncc23)CC1. The molecule has 4 aromatic rings. The van der Waals surface area contributed by atoms with Crippen LogP contribution in [0.4, 0.5) is 0 Å². The molecule has 0 spiro atoms. The molecule has 0 saturated carbocycles. The summed E-state index contributed by atoms with van der Waals surface area (Å²) in [4.78, 5) is 5.51. The smallest absolute Gasteiger partial charge is 0.221 e. The van der Waals surface area contributed by atoms with E-state index in [2.05, 4.69) is 46.1 Å². The first-order chi connectivity index (χ1) is 16.0. The van der Waals surface area contributed by atoms with E-state index >= 15 is 0 Å². The van der Waals surface area contributed by atoms with E-state index < -0.39 is 0 Å². The third-order valence-electron chi connectivity index (χ3n) is 6.88. The van der Waals surface area contributed by atoms with Gasteiger partial charge in [-0.05, 0) is 73.2 Å². The maximum absolute atomic E-state index is 8.65. The highest BCUT2D eigenvalue weighted by Gasteiger charge is 2.23. The largest absolute Gasteiger partial charge is 0.424 e. The average molecular weight is 443 g/mol. The second-order valence-electron chi connectivity index (χ2n) is 9.31. The third-order valence-corrected chi connectivity index (χ3v) is 6.88. The predicted octanol–water partition coefficient (Wildman–Crippen LogP) is 5.40. The van der Waals surface area contributed by atoms with E-state index in [1.807, 2.05) is 30.5 Å². The van der Waals surface area contributed by atoms with Gasteiger partial charge in [-0.3, -0.25) is 20.8 Å². The molecular formula is C26H30N6O. The summed E-state index contributed by atoms with van der Waals surface area (Å²) in [6.07, 6.45) is 5.96. The van der Waals surface area contributed by atoms with E-state index in [1.54, 1.807) is 6.20 Å². The molecule has 170 valence electrons. The number of H-pyrrole nitrogens is 2. The van der Waals surface area contributed by atoms with Crippen LogP contribution < -0.4 is 0 Å². The highest BCUT2D eigenvalue weighted by atomic mass is 16.5. The molecule has 1 saturated heterocycles. The van der Waals surface area contributed by atoms with Gasteiger partial charge in [0.25, 0.3) is 0 Å². The zero-order valence-corrected chi connectivity index (χ0v) is 19.1. The van der Waals surface area contributed by atoms with Gasteiger partial charge < -0.3 is 9.72 Å². The van der Waals surface area contributed by atoms with E-state index in [4.69, 9.17) is 15.6 Å². The van der Waals surface area contributed by atoms with Crippen molar-refractivity contribution in [3.8, 4) is 11.1 Å². The van der Waals surface area contributed by atoms with Crippen LogP contribution in [0.2, 0.25) is 0 Å². The molecule has 1 aliphatic rings. The fourth-order valence-electron chi connectivity index (χ4n) is 4.92. The molecule has 0 amide bonds. The fourth-order valence-corrected chi connectivity index (χ4v) is 4.92. The number of likely N-dealkylation sites (tertiary alicyclic amines) is 1. The van der Waals surface area contributed by atoms with Gasteiger partial charge in [0.1, 0.15) is 0 Å². The quantitative estimate of drug-likeness (QED) is 0.246. The number of benzene rings is 2. The number of hydrogen-bond donors (Lipinski definition) is 4. The fraction of sp³-hybridized carbons (Fsp3) is 0.346. The van der Waals surface area contributed by atoms with Crippen molar-refractivity contribution in [2.75, 3.05) is 19.6 Å². The normalized spacial score (nSPS) is 15.5. The number of nitrogens with one attached hydrogen (secondary N) is 4. The van der Waals surface area contributed by atoms with E-state index in [1.165, 1.54) is 0 Å². The first-order valence-electron chi connectivity index (χ1n) is 11.6. The summed E-state index contributed by atoms with van der Waals surface area (Å²) in [5.74, 6) is 1.55. The number of aromatic nitrogens is 3. The van der Waals surface area contributed by atoms with E-state index in [9.17, 15) is 0 Å². The Kier molecular flexibility index (Phi) is 5.72. The van der Waals surface area contributed by atoms with Crippen molar-refractivity contribution in [1.29, 1.82) is 10.8 Å². The van der Waals surface area contributed by atoms with Gasteiger partial charge in [-0.1, -0.05) is 26.0 Å². The van der Waals surface area contributed by atoms with Gasteiger partial charge >= 0.3 is 0 Å². The number of rotatable bonds is 5. The Morgan fingerprint density at radius 1 is 1.12 bits per heavy atom. The van der Waals surface area contributed by atoms with Crippen LogP contribution in [0.5, 0.6) is 0 Å². The van der Waals surface area contributed by atoms with Crippen LogP contribution >= 0.6 is 0 Å². The van der Waals surface area contributed by atoms with E-state index in [0.29, 0.717) is 18.0 Å². The topological polar surface area (TPSA) is 105 Å². The van der Waals surface area contributed by atoms with Crippen molar-refractivity contribution in [3.63, 3.8) is 0 Å². The lowest BCUT2D eigenvalue weighted by molar-refractivity contribution is 0.170. The van der Waals surface area contributed by atoms with Crippen LogP contribution in [-0.4, -0.2) is 51.5 Å². The molecule has 0 aliphatic carbocycles. The van der Waals surface area contributed by atoms with Gasteiger partial charge in [0.2, 0.25) is 11.8 Å². The van der Waals surface area contributed by atoms with Crippen molar-refractivity contribution in [3.05, 3.63) is 54.4 Å². The summed E-state index contributed by atoms with van der Waals surface area (Å²) < 4.78 is 5.73. The third kappa shape index (κ3) is 4.28. The molecule has 0 bridgehead atoms. The lowest BCUT2D eigenvalue weighted by Gasteiger charge is -2.33. The first kappa shape index (κ1) is 21.4. The summed E-state index contributed by atoms with van der Waals surface area (Å²) in [6, 6.07) is 12.2. The van der Waals surface area contributed by atoms with Crippen molar-refractivity contribution in [1.82, 2.24) is 20.1 Å². The van der Waals surface area contributed by atoms with Crippen LogP contribution in [0.1, 0.15) is 32.3 Å². The Hall–Kier alpha value is -3.45. The van der Waals surface area contributed by atoms with Crippen molar-refractivity contribution < 1.29 is 4.74 Å². The maximum atomic E-state index is 8.65. The minimum Gasteiger partial charge on any atom is -0.424 e. The minimum absolute atomic E-state index is 0.0217. The zero-order valence-electron chi connectivity index (χ0n) is 19.1. The lowest BCUT2D eigenvalue weighted by Crippen LogP contribution is -2.39. The molecule has 3 heterocycles. The molecular weight excluding hydrogens is 412 g/mol. The van der Waals surface area contributed by atoms with Gasteiger partial charge in [0.15, 0.2) is 0 Å².